The topological polar surface area (TPSA) is 26.3 Å². The third-order valence-electron chi connectivity index (χ3n) is 1.69. The summed E-state index contributed by atoms with van der Waals surface area (Å²) in [5, 5.41) is 0. The van der Waals surface area contributed by atoms with E-state index in [0.717, 1.165) is 5.56 Å². The van der Waals surface area contributed by atoms with Crippen LogP contribution < -0.4 is 0 Å². The number of aryl methyl sites for hydroxylation is 1. The van der Waals surface area contributed by atoms with Gasteiger partial charge in [-0.2, -0.15) is 0 Å². The Kier molecular flexibility index (Phi) is 3.50. The van der Waals surface area contributed by atoms with Gasteiger partial charge in [0.05, 0.1) is 0 Å². The van der Waals surface area contributed by atoms with E-state index in [1.165, 1.54) is 19.1 Å². The number of carbonyl (C=O) groups is 1. The summed E-state index contributed by atoms with van der Waals surface area (Å²) in [6.07, 6.45) is 0.667. The molecular formula is C11H13O2. The summed E-state index contributed by atoms with van der Waals surface area (Å²) < 4.78 is 4.71. The van der Waals surface area contributed by atoms with E-state index < -0.39 is 0 Å². The molecule has 2 heteroatoms. The standard InChI is InChI=1S/C11H13O2/c1-9-3-5-11(6-4-9)7-8-13-10(2)12/h3-6,8H,7H2,1-2H3. The van der Waals surface area contributed by atoms with Crippen molar-refractivity contribution in [3.05, 3.63) is 42.0 Å². The summed E-state index contributed by atoms with van der Waals surface area (Å²) in [6, 6.07) is 8.12. The molecule has 0 N–H and O–H groups in total. The highest BCUT2D eigenvalue weighted by molar-refractivity contribution is 5.66. The van der Waals surface area contributed by atoms with Gasteiger partial charge >= 0.3 is 5.97 Å². The van der Waals surface area contributed by atoms with Crippen molar-refractivity contribution in [1.29, 1.82) is 0 Å². The maximum atomic E-state index is 10.4. The molecule has 0 aliphatic carbocycles. The van der Waals surface area contributed by atoms with Gasteiger partial charge in [-0.25, -0.2) is 0 Å². The quantitative estimate of drug-likeness (QED) is 0.662. The van der Waals surface area contributed by atoms with Crippen LogP contribution in [-0.4, -0.2) is 5.97 Å². The minimum atomic E-state index is -0.271. The fraction of sp³-hybridized carbons (Fsp3) is 0.273. The number of rotatable bonds is 3. The van der Waals surface area contributed by atoms with E-state index in [-0.39, 0.29) is 5.97 Å². The molecule has 0 spiro atoms. The summed E-state index contributed by atoms with van der Waals surface area (Å²) >= 11 is 0. The fourth-order valence-electron chi connectivity index (χ4n) is 0.979. The fourth-order valence-corrected chi connectivity index (χ4v) is 0.979. The predicted molar refractivity (Wildman–Crippen MR) is 50.9 cm³/mol. The van der Waals surface area contributed by atoms with Gasteiger partial charge in [0, 0.05) is 13.3 Å². The van der Waals surface area contributed by atoms with Gasteiger partial charge in [0.25, 0.3) is 0 Å². The molecule has 0 atom stereocenters. The number of ether oxygens (including phenoxy) is 1. The summed E-state index contributed by atoms with van der Waals surface area (Å²) in [6.45, 7) is 4.96. The Morgan fingerprint density at radius 2 is 2.00 bits per heavy atom. The average Bonchev–Trinajstić information content (AvgIpc) is 2.08. The van der Waals surface area contributed by atoms with Crippen LogP contribution in [0.25, 0.3) is 0 Å². The second kappa shape index (κ2) is 4.65. The lowest BCUT2D eigenvalue weighted by atomic mass is 10.1. The average molecular weight is 177 g/mol. The number of hydrogen-bond donors (Lipinski definition) is 0. The molecule has 0 heterocycles. The van der Waals surface area contributed by atoms with Gasteiger partial charge in [0.2, 0.25) is 0 Å². The Labute approximate surface area is 78.5 Å². The summed E-state index contributed by atoms with van der Waals surface area (Å²) in [4.78, 5) is 10.4. The van der Waals surface area contributed by atoms with Gasteiger partial charge in [-0.15, -0.1) is 0 Å². The van der Waals surface area contributed by atoms with E-state index in [0.29, 0.717) is 6.42 Å². The molecule has 0 fully saturated rings. The van der Waals surface area contributed by atoms with Gasteiger partial charge in [-0.1, -0.05) is 29.8 Å². The highest BCUT2D eigenvalue weighted by Gasteiger charge is 1.95. The van der Waals surface area contributed by atoms with E-state index >= 15 is 0 Å². The Balaban J connectivity index is 2.37. The lowest BCUT2D eigenvalue weighted by molar-refractivity contribution is -0.137. The molecule has 0 aromatic heterocycles. The third-order valence-corrected chi connectivity index (χ3v) is 1.69. The molecule has 0 amide bonds. The van der Waals surface area contributed by atoms with Crippen molar-refractivity contribution in [2.24, 2.45) is 0 Å². The monoisotopic (exact) mass is 177 g/mol. The predicted octanol–water partition coefficient (Wildman–Crippen LogP) is 2.26. The van der Waals surface area contributed by atoms with Crippen molar-refractivity contribution >= 4 is 5.97 Å². The van der Waals surface area contributed by atoms with Gasteiger partial charge in [0.15, 0.2) is 0 Å². The lowest BCUT2D eigenvalue weighted by Crippen LogP contribution is -1.97. The molecule has 0 aliphatic heterocycles. The molecule has 1 rings (SSSR count). The molecule has 1 aromatic rings. The van der Waals surface area contributed by atoms with Crippen molar-refractivity contribution in [3.8, 4) is 0 Å². The largest absolute Gasteiger partial charge is 0.458 e. The molecule has 0 bridgehead atoms. The Hall–Kier alpha value is -1.31. The Morgan fingerprint density at radius 1 is 1.38 bits per heavy atom. The van der Waals surface area contributed by atoms with Crippen LogP contribution in [0.4, 0.5) is 0 Å². The second-order valence-corrected chi connectivity index (χ2v) is 2.97. The van der Waals surface area contributed by atoms with E-state index in [1.54, 1.807) is 0 Å². The highest BCUT2D eigenvalue weighted by atomic mass is 16.5. The maximum Gasteiger partial charge on any atom is 0.303 e. The van der Waals surface area contributed by atoms with Crippen LogP contribution in [0.1, 0.15) is 18.1 Å². The van der Waals surface area contributed by atoms with Gasteiger partial charge < -0.3 is 4.74 Å². The molecule has 0 saturated carbocycles. The van der Waals surface area contributed by atoms with Crippen LogP contribution in [0.3, 0.4) is 0 Å². The zero-order valence-corrected chi connectivity index (χ0v) is 7.91. The van der Waals surface area contributed by atoms with E-state index in [9.17, 15) is 4.79 Å². The van der Waals surface area contributed by atoms with Crippen LogP contribution in [0.2, 0.25) is 0 Å². The minimum Gasteiger partial charge on any atom is -0.458 e. The van der Waals surface area contributed by atoms with E-state index in [1.807, 2.05) is 31.2 Å². The first-order chi connectivity index (χ1) is 6.18. The first-order valence-corrected chi connectivity index (χ1v) is 4.23. The van der Waals surface area contributed by atoms with Crippen LogP contribution in [0.5, 0.6) is 0 Å². The van der Waals surface area contributed by atoms with Gasteiger partial charge in [-0.05, 0) is 12.5 Å². The van der Waals surface area contributed by atoms with Crippen molar-refractivity contribution < 1.29 is 9.53 Å². The molecular weight excluding hydrogens is 164 g/mol. The molecule has 1 radical (unpaired) electrons. The third kappa shape index (κ3) is 3.74. The van der Waals surface area contributed by atoms with Crippen LogP contribution in [0, 0.1) is 13.5 Å². The summed E-state index contributed by atoms with van der Waals surface area (Å²) in [5.41, 5.74) is 2.38. The van der Waals surface area contributed by atoms with Crippen LogP contribution in [-0.2, 0) is 16.0 Å². The van der Waals surface area contributed by atoms with Crippen molar-refractivity contribution in [3.63, 3.8) is 0 Å². The van der Waals surface area contributed by atoms with Crippen LogP contribution in [0.15, 0.2) is 24.3 Å². The second-order valence-electron chi connectivity index (χ2n) is 2.97. The minimum absolute atomic E-state index is 0.271. The lowest BCUT2D eigenvalue weighted by Gasteiger charge is -2.01. The molecule has 0 saturated heterocycles. The van der Waals surface area contributed by atoms with Gasteiger partial charge in [-0.3, -0.25) is 4.79 Å². The zero-order valence-electron chi connectivity index (χ0n) is 7.91. The van der Waals surface area contributed by atoms with Crippen molar-refractivity contribution in [2.45, 2.75) is 20.3 Å². The molecule has 0 unspecified atom stereocenters. The van der Waals surface area contributed by atoms with E-state index in [2.05, 4.69) is 0 Å². The zero-order chi connectivity index (χ0) is 9.68. The van der Waals surface area contributed by atoms with Crippen molar-refractivity contribution in [2.75, 3.05) is 0 Å². The Morgan fingerprint density at radius 3 is 2.54 bits per heavy atom. The first-order valence-electron chi connectivity index (χ1n) is 4.23. The summed E-state index contributed by atoms with van der Waals surface area (Å²) in [5.74, 6) is -0.271. The molecule has 1 aromatic carbocycles. The SMILES string of the molecule is CC(=O)O[CH]Cc1ccc(C)cc1. The van der Waals surface area contributed by atoms with E-state index in [4.69, 9.17) is 4.74 Å². The van der Waals surface area contributed by atoms with Crippen molar-refractivity contribution in [1.82, 2.24) is 0 Å². The smallest absolute Gasteiger partial charge is 0.303 e. The highest BCUT2D eigenvalue weighted by Crippen LogP contribution is 2.05. The number of esters is 1. The number of carbonyl (C=O) groups excluding carboxylic acids is 1. The molecule has 0 aliphatic rings. The molecule has 69 valence electrons. The normalized spacial score (nSPS) is 9.69. The number of hydrogen-bond acceptors (Lipinski definition) is 2. The molecule has 2 nitrogen and oxygen atoms in total. The van der Waals surface area contributed by atoms with Crippen LogP contribution >= 0.6 is 0 Å². The Bertz CT molecular complexity index is 275. The van der Waals surface area contributed by atoms with Gasteiger partial charge in [0.1, 0.15) is 6.61 Å². The maximum absolute atomic E-state index is 10.4. The first kappa shape index (κ1) is 9.78. The molecule has 13 heavy (non-hydrogen) atoms. The number of benzene rings is 1. The summed E-state index contributed by atoms with van der Waals surface area (Å²) in [7, 11) is 0.